The van der Waals surface area contributed by atoms with Crippen molar-refractivity contribution in [2.45, 2.75) is 18.7 Å². The molecular weight excluding hydrogens is 450 g/mol. The van der Waals surface area contributed by atoms with Crippen LogP contribution in [0.25, 0.3) is 6.08 Å². The number of hydrazone groups is 1. The zero-order valence-electron chi connectivity index (χ0n) is 17.0. The monoisotopic (exact) mass is 467 g/mol. The highest BCUT2D eigenvalue weighted by Gasteiger charge is 2.44. The van der Waals surface area contributed by atoms with Crippen LogP contribution in [0.5, 0.6) is 0 Å². The van der Waals surface area contributed by atoms with Crippen LogP contribution < -0.4 is 5.32 Å². The van der Waals surface area contributed by atoms with E-state index in [1.807, 2.05) is 37.3 Å². The van der Waals surface area contributed by atoms with Crippen LogP contribution in [0, 0.1) is 10.1 Å². The summed E-state index contributed by atoms with van der Waals surface area (Å²) in [7, 11) is 0. The first kappa shape index (κ1) is 21.8. The van der Waals surface area contributed by atoms with Gasteiger partial charge in [0.2, 0.25) is 11.1 Å². The van der Waals surface area contributed by atoms with Gasteiger partial charge < -0.3 is 5.32 Å². The zero-order valence-corrected chi connectivity index (χ0v) is 18.6. The molecule has 0 aliphatic carbocycles. The summed E-state index contributed by atoms with van der Waals surface area (Å²) in [5.74, 6) is -0.550. The molecule has 0 bridgehead atoms. The second kappa shape index (κ2) is 8.60. The Bertz CT molecular complexity index is 1190. The maximum absolute atomic E-state index is 12.4. The quantitative estimate of drug-likeness (QED) is 0.416. The lowest BCUT2D eigenvalue weighted by molar-refractivity contribution is -0.384. The molecule has 1 atom stereocenters. The Hall–Kier alpha value is -3.44. The lowest BCUT2D eigenvalue weighted by Gasteiger charge is -2.30. The molecule has 0 radical (unpaired) electrons. The number of nitrogens with zero attached hydrogens (tertiary/aromatic N) is 4. The van der Waals surface area contributed by atoms with Gasteiger partial charge in [-0.1, -0.05) is 30.3 Å². The SMILES string of the molecule is CC(=O)N1N=C(/N=C2\NC(=O)/C(=C/c3ccc([N+](=O)[O-])cc3)S2)SC1(C)c1ccccc1. The van der Waals surface area contributed by atoms with Crippen molar-refractivity contribution in [3.8, 4) is 0 Å². The van der Waals surface area contributed by atoms with Crippen molar-refractivity contribution < 1.29 is 14.5 Å². The third-order valence-corrected chi connectivity index (χ3v) is 6.81. The summed E-state index contributed by atoms with van der Waals surface area (Å²) in [6, 6.07) is 15.4. The number of amidine groups is 2. The van der Waals surface area contributed by atoms with Gasteiger partial charge in [0.15, 0.2) is 5.17 Å². The molecular formula is C21H17N5O4S2. The Morgan fingerprint density at radius 3 is 2.53 bits per heavy atom. The average Bonchev–Trinajstić information content (AvgIpc) is 3.29. The van der Waals surface area contributed by atoms with E-state index >= 15 is 0 Å². The molecule has 0 spiro atoms. The Morgan fingerprint density at radius 2 is 1.91 bits per heavy atom. The van der Waals surface area contributed by atoms with E-state index in [0.717, 1.165) is 17.3 Å². The lowest BCUT2D eigenvalue weighted by Crippen LogP contribution is -2.37. The molecule has 32 heavy (non-hydrogen) atoms. The number of benzene rings is 2. The Kier molecular flexibility index (Phi) is 5.85. The Balaban J connectivity index is 1.55. The summed E-state index contributed by atoms with van der Waals surface area (Å²) in [5, 5.41) is 19.9. The highest BCUT2D eigenvalue weighted by molar-refractivity contribution is 8.19. The van der Waals surface area contributed by atoms with Crippen LogP contribution in [0.4, 0.5) is 5.69 Å². The highest BCUT2D eigenvalue weighted by atomic mass is 32.2. The van der Waals surface area contributed by atoms with Gasteiger partial charge in [0, 0.05) is 19.1 Å². The molecule has 1 unspecified atom stereocenters. The maximum Gasteiger partial charge on any atom is 0.269 e. The number of nitro benzene ring substituents is 1. The number of thioether (sulfide) groups is 2. The number of amides is 2. The number of nitro groups is 1. The minimum atomic E-state index is -0.753. The normalized spacial score (nSPS) is 22.9. The molecule has 11 heteroatoms. The molecule has 2 aromatic carbocycles. The van der Waals surface area contributed by atoms with Gasteiger partial charge in [-0.2, -0.15) is 4.99 Å². The molecule has 9 nitrogen and oxygen atoms in total. The van der Waals surface area contributed by atoms with Gasteiger partial charge in [-0.3, -0.25) is 19.7 Å². The molecule has 2 amide bonds. The summed E-state index contributed by atoms with van der Waals surface area (Å²) in [6.45, 7) is 3.34. The number of hydrogen-bond acceptors (Lipinski definition) is 8. The van der Waals surface area contributed by atoms with Crippen molar-refractivity contribution in [2.75, 3.05) is 0 Å². The Morgan fingerprint density at radius 1 is 1.22 bits per heavy atom. The first-order valence-corrected chi connectivity index (χ1v) is 11.1. The molecule has 2 heterocycles. The van der Waals surface area contributed by atoms with E-state index in [2.05, 4.69) is 15.4 Å². The number of rotatable bonds is 3. The van der Waals surface area contributed by atoms with Crippen LogP contribution in [0.15, 0.2) is 69.6 Å². The summed E-state index contributed by atoms with van der Waals surface area (Å²) in [6.07, 6.45) is 1.63. The number of nitrogens with one attached hydrogen (secondary N) is 1. The van der Waals surface area contributed by atoms with Crippen molar-refractivity contribution >= 4 is 57.4 Å². The molecule has 2 aromatic rings. The van der Waals surface area contributed by atoms with Gasteiger partial charge in [0.1, 0.15) is 4.87 Å². The number of hydrogen-bond donors (Lipinski definition) is 1. The van der Waals surface area contributed by atoms with E-state index in [9.17, 15) is 19.7 Å². The fourth-order valence-electron chi connectivity index (χ4n) is 3.18. The van der Waals surface area contributed by atoms with Crippen LogP contribution >= 0.6 is 23.5 Å². The maximum atomic E-state index is 12.4. The zero-order chi connectivity index (χ0) is 22.9. The predicted molar refractivity (Wildman–Crippen MR) is 126 cm³/mol. The minimum Gasteiger partial charge on any atom is -0.300 e. The van der Waals surface area contributed by atoms with Gasteiger partial charge in [-0.25, -0.2) is 5.01 Å². The average molecular weight is 468 g/mol. The van der Waals surface area contributed by atoms with E-state index in [0.29, 0.717) is 20.8 Å². The Labute approximate surface area is 191 Å². The standard InChI is InChI=1S/C21H17N5O4S2/c1-13(27)25-21(2,15-6-4-3-5-7-15)32-20(24-25)23-19-22-18(28)17(31-19)12-14-8-10-16(11-9-14)26(29)30/h3-12H,1-2H3,(H,22,23,24,28)/b17-12-. The van der Waals surface area contributed by atoms with Gasteiger partial charge in [-0.05, 0) is 59.8 Å². The third-order valence-electron chi connectivity index (χ3n) is 4.74. The lowest BCUT2D eigenvalue weighted by atomic mass is 10.1. The number of carbonyl (C=O) groups excluding carboxylic acids is 2. The third kappa shape index (κ3) is 4.30. The topological polar surface area (TPSA) is 117 Å². The number of aliphatic imine (C=N–C) groups is 1. The first-order valence-electron chi connectivity index (χ1n) is 9.44. The summed E-state index contributed by atoms with van der Waals surface area (Å²) in [4.78, 5) is 39.0. The second-order valence-corrected chi connectivity index (χ2v) is 9.39. The molecule has 1 N–H and O–H groups in total. The largest absolute Gasteiger partial charge is 0.300 e. The fraction of sp³-hybridized carbons (Fsp3) is 0.143. The van der Waals surface area contributed by atoms with Gasteiger partial charge in [0.25, 0.3) is 11.6 Å². The van der Waals surface area contributed by atoms with Crippen LogP contribution in [0.3, 0.4) is 0 Å². The molecule has 4 rings (SSSR count). The van der Waals surface area contributed by atoms with Gasteiger partial charge >= 0.3 is 0 Å². The second-order valence-electron chi connectivity index (χ2n) is 6.99. The minimum absolute atomic E-state index is 0.0225. The van der Waals surface area contributed by atoms with Crippen LogP contribution in [-0.4, -0.2) is 32.1 Å². The van der Waals surface area contributed by atoms with Crippen molar-refractivity contribution in [1.29, 1.82) is 0 Å². The van der Waals surface area contributed by atoms with E-state index in [-0.39, 0.29) is 17.5 Å². The van der Waals surface area contributed by atoms with Gasteiger partial charge in [-0.15, -0.1) is 5.10 Å². The van der Waals surface area contributed by atoms with E-state index < -0.39 is 9.79 Å². The van der Waals surface area contributed by atoms with Gasteiger partial charge in [0.05, 0.1) is 9.83 Å². The van der Waals surface area contributed by atoms with Crippen molar-refractivity contribution in [3.05, 3.63) is 80.7 Å². The first-order chi connectivity index (χ1) is 15.3. The molecule has 0 aromatic heterocycles. The molecule has 2 aliphatic heterocycles. The smallest absolute Gasteiger partial charge is 0.269 e. The highest BCUT2D eigenvalue weighted by Crippen LogP contribution is 2.46. The predicted octanol–water partition coefficient (Wildman–Crippen LogP) is 3.89. The van der Waals surface area contributed by atoms with Crippen LogP contribution in [0.2, 0.25) is 0 Å². The fourth-order valence-corrected chi connectivity index (χ4v) is 5.18. The van der Waals surface area contributed by atoms with Crippen molar-refractivity contribution in [1.82, 2.24) is 10.3 Å². The van der Waals surface area contributed by atoms with E-state index in [1.54, 1.807) is 18.2 Å². The molecule has 2 aliphatic rings. The van der Waals surface area contributed by atoms with Crippen molar-refractivity contribution in [3.63, 3.8) is 0 Å². The van der Waals surface area contributed by atoms with Crippen LogP contribution in [-0.2, 0) is 14.5 Å². The molecule has 1 fully saturated rings. The molecule has 162 valence electrons. The van der Waals surface area contributed by atoms with Crippen molar-refractivity contribution in [2.24, 2.45) is 10.1 Å². The molecule has 1 saturated heterocycles. The van der Waals surface area contributed by atoms with E-state index in [4.69, 9.17) is 0 Å². The van der Waals surface area contributed by atoms with E-state index in [1.165, 1.54) is 35.8 Å². The summed E-state index contributed by atoms with van der Waals surface area (Å²) in [5.41, 5.74) is 1.54. The summed E-state index contributed by atoms with van der Waals surface area (Å²) >= 11 is 2.46. The molecule has 0 saturated carbocycles. The number of carbonyl (C=O) groups is 2. The number of non-ortho nitro benzene ring substituents is 1. The van der Waals surface area contributed by atoms with Crippen LogP contribution in [0.1, 0.15) is 25.0 Å². The summed E-state index contributed by atoms with van der Waals surface area (Å²) < 4.78 is 0.